The van der Waals surface area contributed by atoms with Gasteiger partial charge in [-0.2, -0.15) is 5.10 Å². The molecule has 1 aromatic rings. The van der Waals surface area contributed by atoms with E-state index in [-0.39, 0.29) is 16.4 Å². The van der Waals surface area contributed by atoms with E-state index in [9.17, 15) is 8.42 Å². The minimum atomic E-state index is -3.43. The number of hydrogen-bond donors (Lipinski definition) is 2. The van der Waals surface area contributed by atoms with Crippen molar-refractivity contribution in [2.45, 2.75) is 44.2 Å². The van der Waals surface area contributed by atoms with Crippen LogP contribution < -0.4 is 10.0 Å². The van der Waals surface area contributed by atoms with Crippen molar-refractivity contribution in [1.82, 2.24) is 19.8 Å². The summed E-state index contributed by atoms with van der Waals surface area (Å²) in [6.45, 7) is 5.71. The van der Waals surface area contributed by atoms with E-state index >= 15 is 0 Å². The van der Waals surface area contributed by atoms with Gasteiger partial charge in [-0.05, 0) is 31.8 Å². The third kappa shape index (κ3) is 3.55. The van der Waals surface area contributed by atoms with Crippen LogP contribution in [-0.4, -0.2) is 37.8 Å². The summed E-state index contributed by atoms with van der Waals surface area (Å²) in [6.07, 6.45) is 4.81. The van der Waals surface area contributed by atoms with Gasteiger partial charge in [-0.15, -0.1) is 0 Å². The molecule has 6 nitrogen and oxygen atoms in total. The average molecular weight is 286 g/mol. The molecule has 2 rings (SSSR count). The summed E-state index contributed by atoms with van der Waals surface area (Å²) in [5.74, 6) is 0. The van der Waals surface area contributed by atoms with Crippen molar-refractivity contribution in [2.75, 3.05) is 13.6 Å². The second-order valence-corrected chi connectivity index (χ2v) is 7.48. The molecule has 7 heteroatoms. The number of rotatable bonds is 7. The van der Waals surface area contributed by atoms with Gasteiger partial charge in [0.25, 0.3) is 0 Å². The standard InChI is InChI=1S/C12H22N4O2S/c1-12(2)7-11(12)15-19(17,18)10-8-14-16(9-10)6-4-5-13-3/h8-9,11,13,15H,4-7H2,1-3H3. The molecule has 0 amide bonds. The molecule has 2 N–H and O–H groups in total. The molecule has 0 spiro atoms. The molecule has 1 aromatic heterocycles. The smallest absolute Gasteiger partial charge is 0.243 e. The molecule has 19 heavy (non-hydrogen) atoms. The SMILES string of the molecule is CNCCCn1cc(S(=O)(=O)NC2CC2(C)C)cn1. The molecule has 1 fully saturated rings. The van der Waals surface area contributed by atoms with Crippen LogP contribution >= 0.6 is 0 Å². The van der Waals surface area contributed by atoms with E-state index in [2.05, 4.69) is 29.0 Å². The number of sulfonamides is 1. The van der Waals surface area contributed by atoms with Gasteiger partial charge in [0, 0.05) is 18.8 Å². The predicted octanol–water partition coefficient (Wildman–Crippen LogP) is 0.569. The highest BCUT2D eigenvalue weighted by atomic mass is 32.2. The fraction of sp³-hybridized carbons (Fsp3) is 0.750. The van der Waals surface area contributed by atoms with E-state index < -0.39 is 10.0 Å². The fourth-order valence-electron chi connectivity index (χ4n) is 1.95. The first-order valence-corrected chi connectivity index (χ1v) is 8.03. The van der Waals surface area contributed by atoms with Gasteiger partial charge < -0.3 is 5.32 Å². The molecule has 0 aliphatic heterocycles. The van der Waals surface area contributed by atoms with E-state index in [0.717, 1.165) is 19.4 Å². The van der Waals surface area contributed by atoms with E-state index in [1.165, 1.54) is 6.20 Å². The van der Waals surface area contributed by atoms with E-state index in [4.69, 9.17) is 0 Å². The van der Waals surface area contributed by atoms with Gasteiger partial charge in [-0.3, -0.25) is 4.68 Å². The molecule has 1 heterocycles. The summed E-state index contributed by atoms with van der Waals surface area (Å²) in [5, 5.41) is 7.13. The predicted molar refractivity (Wildman–Crippen MR) is 73.3 cm³/mol. The molecule has 0 bridgehead atoms. The summed E-state index contributed by atoms with van der Waals surface area (Å²) in [6, 6.07) is 0.0464. The van der Waals surface area contributed by atoms with Crippen LogP contribution in [0.15, 0.2) is 17.3 Å². The summed E-state index contributed by atoms with van der Waals surface area (Å²) < 4.78 is 28.7. The van der Waals surface area contributed by atoms with Gasteiger partial charge in [0.05, 0.1) is 6.20 Å². The second-order valence-electron chi connectivity index (χ2n) is 5.76. The first kappa shape index (κ1) is 14.5. The highest BCUT2D eigenvalue weighted by molar-refractivity contribution is 7.89. The fourth-order valence-corrected chi connectivity index (χ4v) is 3.31. The van der Waals surface area contributed by atoms with Gasteiger partial charge in [-0.25, -0.2) is 13.1 Å². The van der Waals surface area contributed by atoms with E-state index in [1.54, 1.807) is 10.9 Å². The molecule has 108 valence electrons. The monoisotopic (exact) mass is 286 g/mol. The molecule has 1 unspecified atom stereocenters. The van der Waals surface area contributed by atoms with Crippen molar-refractivity contribution in [3.8, 4) is 0 Å². The quantitative estimate of drug-likeness (QED) is 0.719. The molecule has 1 saturated carbocycles. The third-order valence-corrected chi connectivity index (χ3v) is 4.97. The van der Waals surface area contributed by atoms with Crippen molar-refractivity contribution in [3.63, 3.8) is 0 Å². The van der Waals surface area contributed by atoms with Crippen molar-refractivity contribution in [3.05, 3.63) is 12.4 Å². The summed E-state index contributed by atoms with van der Waals surface area (Å²) >= 11 is 0. The molecule has 0 saturated heterocycles. The van der Waals surface area contributed by atoms with Crippen molar-refractivity contribution < 1.29 is 8.42 Å². The van der Waals surface area contributed by atoms with Gasteiger partial charge in [-0.1, -0.05) is 13.8 Å². The van der Waals surface area contributed by atoms with Crippen LogP contribution in [0.5, 0.6) is 0 Å². The maximum atomic E-state index is 12.1. The molecular weight excluding hydrogens is 264 g/mol. The summed E-state index contributed by atoms with van der Waals surface area (Å²) in [4.78, 5) is 0.250. The lowest BCUT2D eigenvalue weighted by atomic mass is 10.2. The van der Waals surface area contributed by atoms with Crippen LogP contribution in [0.3, 0.4) is 0 Å². The molecule has 0 aromatic carbocycles. The van der Waals surface area contributed by atoms with Gasteiger partial charge in [0.15, 0.2) is 0 Å². The Kier molecular flexibility index (Phi) is 3.98. The first-order chi connectivity index (χ1) is 8.85. The minimum Gasteiger partial charge on any atom is -0.320 e. The van der Waals surface area contributed by atoms with Crippen LogP contribution in [0.2, 0.25) is 0 Å². The van der Waals surface area contributed by atoms with E-state index in [1.807, 2.05) is 7.05 Å². The lowest BCUT2D eigenvalue weighted by Crippen LogP contribution is -2.28. The van der Waals surface area contributed by atoms with Crippen LogP contribution in [0.1, 0.15) is 26.7 Å². The number of nitrogens with one attached hydrogen (secondary N) is 2. The average Bonchev–Trinajstić information content (AvgIpc) is 2.77. The maximum Gasteiger partial charge on any atom is 0.243 e. The number of hydrogen-bond acceptors (Lipinski definition) is 4. The summed E-state index contributed by atoms with van der Waals surface area (Å²) in [7, 11) is -1.54. The lowest BCUT2D eigenvalue weighted by molar-refractivity contribution is 0.552. The maximum absolute atomic E-state index is 12.1. The molecule has 1 aliphatic rings. The Morgan fingerprint density at radius 1 is 1.53 bits per heavy atom. The Hall–Kier alpha value is -0.920. The van der Waals surface area contributed by atoms with Gasteiger partial charge in [0.2, 0.25) is 10.0 Å². The molecule has 1 aliphatic carbocycles. The topological polar surface area (TPSA) is 76.0 Å². The molecule has 0 radical (unpaired) electrons. The summed E-state index contributed by atoms with van der Waals surface area (Å²) in [5.41, 5.74) is 0.0792. The lowest BCUT2D eigenvalue weighted by Gasteiger charge is -2.06. The van der Waals surface area contributed by atoms with Gasteiger partial charge >= 0.3 is 0 Å². The zero-order chi connectivity index (χ0) is 14.1. The molecule has 1 atom stereocenters. The minimum absolute atomic E-state index is 0.0464. The van der Waals surface area contributed by atoms with Crippen LogP contribution in [0.25, 0.3) is 0 Å². The largest absolute Gasteiger partial charge is 0.320 e. The zero-order valence-electron chi connectivity index (χ0n) is 11.7. The Balaban J connectivity index is 1.97. The second kappa shape index (κ2) is 5.22. The number of nitrogens with zero attached hydrogens (tertiary/aromatic N) is 2. The van der Waals surface area contributed by atoms with Crippen LogP contribution in [-0.2, 0) is 16.6 Å². The third-order valence-electron chi connectivity index (χ3n) is 3.54. The highest BCUT2D eigenvalue weighted by Gasteiger charge is 2.48. The van der Waals surface area contributed by atoms with E-state index in [0.29, 0.717) is 6.54 Å². The Morgan fingerprint density at radius 2 is 2.21 bits per heavy atom. The van der Waals surface area contributed by atoms with Gasteiger partial charge in [0.1, 0.15) is 4.90 Å². The normalized spacial score (nSPS) is 21.5. The molecular formula is C12H22N4O2S. The number of aromatic nitrogens is 2. The van der Waals surface area contributed by atoms with Crippen molar-refractivity contribution in [2.24, 2.45) is 5.41 Å². The van der Waals surface area contributed by atoms with Crippen molar-refractivity contribution in [1.29, 1.82) is 0 Å². The number of aryl methyl sites for hydroxylation is 1. The Bertz CT molecular complexity index is 536. The van der Waals surface area contributed by atoms with Crippen molar-refractivity contribution >= 4 is 10.0 Å². The van der Waals surface area contributed by atoms with Crippen LogP contribution in [0, 0.1) is 5.41 Å². The Morgan fingerprint density at radius 3 is 2.79 bits per heavy atom. The zero-order valence-corrected chi connectivity index (χ0v) is 12.5. The van der Waals surface area contributed by atoms with Crippen LogP contribution in [0.4, 0.5) is 0 Å². The first-order valence-electron chi connectivity index (χ1n) is 6.54. The Labute approximate surface area is 114 Å². The highest BCUT2D eigenvalue weighted by Crippen LogP contribution is 2.45.